The normalized spacial score (nSPS) is 13.3. The summed E-state index contributed by atoms with van der Waals surface area (Å²) >= 11 is 2.29. The fourth-order valence-corrected chi connectivity index (χ4v) is 7.86. The number of nitrogens with zero attached hydrogens (tertiary/aromatic N) is 2. The number of hydrogen-bond donors (Lipinski definition) is 1. The Labute approximate surface area is 244 Å². The number of hydrogen-bond acceptors (Lipinski definition) is 10. The Morgan fingerprint density at radius 2 is 1.88 bits per heavy atom. The number of nitrogens with one attached hydrogen (secondary N) is 1. The Bertz CT molecular complexity index is 1760. The lowest BCUT2D eigenvalue weighted by Gasteiger charge is -2.12. The number of esters is 2. The van der Waals surface area contributed by atoms with Gasteiger partial charge in [-0.3, -0.25) is 9.59 Å². The topological polar surface area (TPSA) is 150 Å². The lowest BCUT2D eigenvalue weighted by molar-refractivity contribution is -0.115. The van der Waals surface area contributed by atoms with Crippen LogP contribution in [0.1, 0.15) is 50.9 Å². The molecule has 4 rings (SSSR count). The van der Waals surface area contributed by atoms with Crippen LogP contribution in [0.15, 0.2) is 23.2 Å². The smallest absolute Gasteiger partial charge is 0.341 e. The van der Waals surface area contributed by atoms with Crippen LogP contribution in [0.25, 0.3) is 10.2 Å². The number of fused-ring (bicyclic) bond motifs is 2. The molecule has 0 unspecified atom stereocenters. The average molecular weight is 618 g/mol. The third kappa shape index (κ3) is 6.92. The van der Waals surface area contributed by atoms with Crippen LogP contribution in [0.4, 0.5) is 5.00 Å². The van der Waals surface area contributed by atoms with E-state index in [2.05, 4.69) is 16.2 Å². The van der Waals surface area contributed by atoms with Crippen LogP contribution in [0.2, 0.25) is 0 Å². The molecule has 1 N–H and O–H groups in total. The number of amides is 2. The van der Waals surface area contributed by atoms with Gasteiger partial charge in [0.25, 0.3) is 5.91 Å². The highest BCUT2D eigenvalue weighted by molar-refractivity contribution is 7.92. The second-order valence-corrected chi connectivity index (χ2v) is 13.2. The molecule has 14 heteroatoms. The Hall–Kier alpha value is -3.80. The summed E-state index contributed by atoms with van der Waals surface area (Å²) in [6.07, 6.45) is 8.76. The van der Waals surface area contributed by atoms with Crippen LogP contribution in [0.3, 0.4) is 0 Å². The molecule has 41 heavy (non-hydrogen) atoms. The largest absolute Gasteiger partial charge is 0.465 e. The van der Waals surface area contributed by atoms with Crippen molar-refractivity contribution in [3.63, 3.8) is 0 Å². The van der Waals surface area contributed by atoms with E-state index in [0.717, 1.165) is 41.0 Å². The van der Waals surface area contributed by atoms with Gasteiger partial charge < -0.3 is 19.4 Å². The first-order chi connectivity index (χ1) is 19.6. The van der Waals surface area contributed by atoms with Crippen molar-refractivity contribution in [2.45, 2.75) is 39.2 Å². The maximum Gasteiger partial charge on any atom is 0.341 e. The number of thiophene rings is 1. The lowest BCUT2D eigenvalue weighted by Crippen LogP contribution is -2.28. The molecule has 11 nitrogen and oxygen atoms in total. The number of rotatable bonds is 9. The molecule has 1 aliphatic rings. The summed E-state index contributed by atoms with van der Waals surface area (Å²) in [6.45, 7) is 1.88. The molecule has 1 aliphatic carbocycles. The van der Waals surface area contributed by atoms with Gasteiger partial charge in [0.1, 0.15) is 16.5 Å². The zero-order chi connectivity index (χ0) is 29.7. The van der Waals surface area contributed by atoms with Crippen LogP contribution in [0, 0.1) is 12.3 Å². The fraction of sp³-hybridized carbons (Fsp3) is 0.370. The number of benzene rings is 1. The number of carbonyl (C=O) groups is 4. The molecule has 2 amide bonds. The second kappa shape index (κ2) is 12.8. The van der Waals surface area contributed by atoms with Crippen molar-refractivity contribution in [3.8, 4) is 12.3 Å². The molecular weight excluding hydrogens is 591 g/mol. The molecule has 0 saturated carbocycles. The van der Waals surface area contributed by atoms with Gasteiger partial charge in [0.05, 0.1) is 41.6 Å². The molecule has 0 atom stereocenters. The summed E-state index contributed by atoms with van der Waals surface area (Å²) in [4.78, 5) is 55.0. The van der Waals surface area contributed by atoms with Gasteiger partial charge in [0, 0.05) is 4.88 Å². The predicted octanol–water partition coefficient (Wildman–Crippen LogP) is 2.72. The van der Waals surface area contributed by atoms with Gasteiger partial charge in [-0.2, -0.15) is 4.99 Å². The van der Waals surface area contributed by atoms with Crippen LogP contribution in [-0.2, 0) is 48.3 Å². The summed E-state index contributed by atoms with van der Waals surface area (Å²) in [6, 6.07) is 4.74. The third-order valence-electron chi connectivity index (χ3n) is 6.17. The van der Waals surface area contributed by atoms with Gasteiger partial charge in [-0.05, 0) is 56.4 Å². The zero-order valence-corrected chi connectivity index (χ0v) is 24.8. The molecule has 0 bridgehead atoms. The zero-order valence-electron chi connectivity index (χ0n) is 22.4. The number of aromatic nitrogens is 1. The third-order valence-corrected chi connectivity index (χ3v) is 9.81. The predicted molar refractivity (Wildman–Crippen MR) is 155 cm³/mol. The number of methoxy groups -OCH3 is 1. The van der Waals surface area contributed by atoms with E-state index in [-0.39, 0.29) is 28.5 Å². The van der Waals surface area contributed by atoms with Gasteiger partial charge in [0.15, 0.2) is 14.6 Å². The number of terminal acetylenes is 1. The maximum absolute atomic E-state index is 12.8. The molecule has 0 fully saturated rings. The first kappa shape index (κ1) is 30.2. The SMILES string of the molecule is C#CCn1c(=NC(=O)CS(=O)(=O)CC(=O)Nc2sc3c(c2C(=O)OCC)CCCC3)sc2cc(C(=O)OC)ccc21. The van der Waals surface area contributed by atoms with Gasteiger partial charge in [-0.15, -0.1) is 17.8 Å². The van der Waals surface area contributed by atoms with Crippen molar-refractivity contribution in [2.24, 2.45) is 4.99 Å². The van der Waals surface area contributed by atoms with Crippen molar-refractivity contribution in [2.75, 3.05) is 30.5 Å². The summed E-state index contributed by atoms with van der Waals surface area (Å²) in [5.74, 6) is -2.49. The van der Waals surface area contributed by atoms with Crippen LogP contribution < -0.4 is 10.1 Å². The van der Waals surface area contributed by atoms with Crippen LogP contribution in [-0.4, -0.2) is 62.0 Å². The molecule has 216 valence electrons. The number of thiazole rings is 1. The van der Waals surface area contributed by atoms with E-state index < -0.39 is 45.1 Å². The molecular formula is C27H27N3O8S3. The Kier molecular flexibility index (Phi) is 9.42. The van der Waals surface area contributed by atoms with Gasteiger partial charge in [0.2, 0.25) is 5.91 Å². The number of aryl methyl sites for hydroxylation is 1. The molecule has 2 aromatic heterocycles. The molecule has 1 aromatic carbocycles. The summed E-state index contributed by atoms with van der Waals surface area (Å²) in [5, 5.41) is 2.79. The van der Waals surface area contributed by atoms with Crippen molar-refractivity contribution < 1.29 is 37.1 Å². The fourth-order valence-electron chi connectivity index (χ4n) is 4.46. The van der Waals surface area contributed by atoms with E-state index in [4.69, 9.17) is 15.9 Å². The monoisotopic (exact) mass is 617 g/mol. The molecule has 0 saturated heterocycles. The lowest BCUT2D eigenvalue weighted by atomic mass is 9.95. The van der Waals surface area contributed by atoms with Crippen molar-refractivity contribution in [3.05, 3.63) is 44.6 Å². The minimum atomic E-state index is -4.22. The Morgan fingerprint density at radius 1 is 1.12 bits per heavy atom. The summed E-state index contributed by atoms with van der Waals surface area (Å²) < 4.78 is 37.6. The van der Waals surface area contributed by atoms with Crippen molar-refractivity contribution in [1.82, 2.24) is 4.57 Å². The molecule has 3 aromatic rings. The van der Waals surface area contributed by atoms with E-state index in [1.54, 1.807) is 29.7 Å². The maximum atomic E-state index is 12.8. The minimum absolute atomic E-state index is 0.0480. The van der Waals surface area contributed by atoms with Crippen LogP contribution >= 0.6 is 22.7 Å². The molecule has 2 heterocycles. The second-order valence-electron chi connectivity index (χ2n) is 9.07. The van der Waals surface area contributed by atoms with E-state index >= 15 is 0 Å². The highest BCUT2D eigenvalue weighted by Gasteiger charge is 2.29. The van der Waals surface area contributed by atoms with Gasteiger partial charge in [-0.1, -0.05) is 17.3 Å². The van der Waals surface area contributed by atoms with E-state index in [9.17, 15) is 27.6 Å². The standard InChI is InChI=1S/C27H27N3O8S3/c1-4-12-30-18-11-10-16(25(33)37-3)13-20(18)40-27(30)29-22(32)15-41(35,36)14-21(31)28-24-23(26(34)38-5-2)17-8-6-7-9-19(17)39-24/h1,10-11,13H,5-9,12,14-15H2,2-3H3,(H,28,31). The number of sulfone groups is 1. The minimum Gasteiger partial charge on any atom is -0.465 e. The average Bonchev–Trinajstić information content (AvgIpc) is 3.44. The molecule has 0 aliphatic heterocycles. The van der Waals surface area contributed by atoms with Crippen molar-refractivity contribution in [1.29, 1.82) is 0 Å². The highest BCUT2D eigenvalue weighted by atomic mass is 32.2. The highest BCUT2D eigenvalue weighted by Crippen LogP contribution is 2.38. The first-order valence-electron chi connectivity index (χ1n) is 12.6. The summed E-state index contributed by atoms with van der Waals surface area (Å²) in [7, 11) is -2.96. The molecule has 0 radical (unpaired) electrons. The van der Waals surface area contributed by atoms with Crippen molar-refractivity contribution >= 4 is 71.5 Å². The van der Waals surface area contributed by atoms with E-state index in [1.807, 2.05) is 0 Å². The quantitative estimate of drug-likeness (QED) is 0.285. The number of anilines is 1. The number of carbonyl (C=O) groups excluding carboxylic acids is 4. The number of ether oxygens (including phenoxy) is 2. The van der Waals surface area contributed by atoms with E-state index in [0.29, 0.717) is 22.2 Å². The van der Waals surface area contributed by atoms with Gasteiger partial charge >= 0.3 is 11.9 Å². The van der Waals surface area contributed by atoms with E-state index in [1.165, 1.54) is 18.4 Å². The molecule has 0 spiro atoms. The summed E-state index contributed by atoms with van der Waals surface area (Å²) in [5.41, 5.74) is 1.99. The van der Waals surface area contributed by atoms with Crippen LogP contribution in [0.5, 0.6) is 0 Å². The first-order valence-corrected chi connectivity index (χ1v) is 16.1. The van der Waals surface area contributed by atoms with Gasteiger partial charge in [-0.25, -0.2) is 18.0 Å². The Balaban J connectivity index is 1.53. The Morgan fingerprint density at radius 3 is 2.59 bits per heavy atom.